The number of amides is 1. The Morgan fingerprint density at radius 3 is 2.46 bits per heavy atom. The fraction of sp³-hybridized carbons (Fsp3) is 0.400. The number of aliphatic hydroxyl groups is 3. The molecule has 3 rings (SSSR count). The summed E-state index contributed by atoms with van der Waals surface area (Å²) < 4.78 is 7.09. The molecule has 0 spiro atoms. The van der Waals surface area contributed by atoms with Crippen molar-refractivity contribution in [1.82, 2.24) is 4.57 Å². The first kappa shape index (κ1) is 17.5. The average molecular weight is 375 g/mol. The molecule has 1 aromatic heterocycles. The minimum Gasteiger partial charge on any atom is -0.394 e. The third-order valence-electron chi connectivity index (χ3n) is 4.31. The van der Waals surface area contributed by atoms with Crippen molar-refractivity contribution < 1.29 is 24.9 Å². The third-order valence-corrected chi connectivity index (χ3v) is 5.03. The molecule has 4 atom stereocenters. The van der Waals surface area contributed by atoms with Gasteiger partial charge in [0.15, 0.2) is 6.23 Å². The summed E-state index contributed by atoms with van der Waals surface area (Å²) in [5.41, 5.74) is 6.61. The Morgan fingerprint density at radius 2 is 1.92 bits per heavy atom. The van der Waals surface area contributed by atoms with Gasteiger partial charge >= 0.3 is 0 Å². The number of hydrogen-bond donors (Lipinski definition) is 4. The van der Waals surface area contributed by atoms with Gasteiger partial charge in [-0.25, -0.2) is 0 Å². The molecule has 7 nitrogen and oxygen atoms in total. The van der Waals surface area contributed by atoms with Crippen LogP contribution in [0.3, 0.4) is 0 Å². The van der Waals surface area contributed by atoms with Crippen LogP contribution in [0.25, 0.3) is 10.9 Å². The van der Waals surface area contributed by atoms with Crippen molar-refractivity contribution >= 4 is 40.0 Å². The summed E-state index contributed by atoms with van der Waals surface area (Å²) in [6.07, 6.45) is -4.52. The molecule has 1 fully saturated rings. The minimum atomic E-state index is -1.30. The van der Waals surface area contributed by atoms with E-state index >= 15 is 0 Å². The second-order valence-corrected chi connectivity index (χ2v) is 6.52. The highest BCUT2D eigenvalue weighted by Gasteiger charge is 2.44. The molecule has 0 radical (unpaired) electrons. The van der Waals surface area contributed by atoms with Crippen LogP contribution >= 0.6 is 23.2 Å². The number of primary amides is 1. The number of carbonyl (C=O) groups is 1. The van der Waals surface area contributed by atoms with Gasteiger partial charge in [-0.1, -0.05) is 23.2 Å². The first-order valence-electron chi connectivity index (χ1n) is 7.19. The zero-order valence-corrected chi connectivity index (χ0v) is 14.1. The lowest BCUT2D eigenvalue weighted by molar-refractivity contribution is -0.0514. The Morgan fingerprint density at radius 1 is 1.29 bits per heavy atom. The van der Waals surface area contributed by atoms with E-state index in [2.05, 4.69) is 0 Å². The molecule has 2 heterocycles. The fourth-order valence-corrected chi connectivity index (χ4v) is 3.49. The number of ether oxygens (including phenoxy) is 1. The van der Waals surface area contributed by atoms with E-state index in [9.17, 15) is 20.1 Å². The highest BCUT2D eigenvalue weighted by Crippen LogP contribution is 2.39. The monoisotopic (exact) mass is 374 g/mol. The summed E-state index contributed by atoms with van der Waals surface area (Å²) in [4.78, 5) is 11.9. The minimum absolute atomic E-state index is 0.223. The lowest BCUT2D eigenvalue weighted by atomic mass is 10.1. The van der Waals surface area contributed by atoms with Gasteiger partial charge in [-0.15, -0.1) is 0 Å². The molecule has 1 amide bonds. The van der Waals surface area contributed by atoms with Crippen LogP contribution in [-0.4, -0.2) is 50.7 Å². The van der Waals surface area contributed by atoms with Crippen LogP contribution in [-0.2, 0) is 4.74 Å². The van der Waals surface area contributed by atoms with Crippen LogP contribution in [0.15, 0.2) is 12.1 Å². The normalized spacial score (nSPS) is 27.1. The first-order chi connectivity index (χ1) is 11.3. The summed E-state index contributed by atoms with van der Waals surface area (Å²) in [6.45, 7) is 1.18. The SMILES string of the molecule is Cc1c(C(N)=O)c2cc(Cl)c(Cl)cc2n1C1OC(CO)C(O)C1O. The van der Waals surface area contributed by atoms with Gasteiger partial charge in [-0.3, -0.25) is 4.79 Å². The number of aliphatic hydroxyl groups excluding tert-OH is 3. The molecule has 24 heavy (non-hydrogen) atoms. The second kappa shape index (κ2) is 6.18. The van der Waals surface area contributed by atoms with E-state index in [4.69, 9.17) is 33.7 Å². The van der Waals surface area contributed by atoms with Gasteiger partial charge in [-0.05, 0) is 19.1 Å². The van der Waals surface area contributed by atoms with Crippen LogP contribution in [0.1, 0.15) is 22.3 Å². The summed E-state index contributed by atoms with van der Waals surface area (Å²) in [5, 5.41) is 30.5. The van der Waals surface area contributed by atoms with Crippen molar-refractivity contribution in [1.29, 1.82) is 0 Å². The molecule has 0 bridgehead atoms. The molecule has 9 heteroatoms. The van der Waals surface area contributed by atoms with Crippen LogP contribution in [0.2, 0.25) is 10.0 Å². The van der Waals surface area contributed by atoms with Crippen molar-refractivity contribution in [2.45, 2.75) is 31.5 Å². The average Bonchev–Trinajstić information content (AvgIpc) is 2.94. The molecule has 0 saturated carbocycles. The lowest BCUT2D eigenvalue weighted by Crippen LogP contribution is -2.33. The van der Waals surface area contributed by atoms with Crippen molar-refractivity contribution in [3.63, 3.8) is 0 Å². The Balaban J connectivity index is 2.27. The highest BCUT2D eigenvalue weighted by atomic mass is 35.5. The molecule has 4 unspecified atom stereocenters. The number of halogens is 2. The number of nitrogens with two attached hydrogens (primary N) is 1. The second-order valence-electron chi connectivity index (χ2n) is 5.71. The molecule has 1 aliphatic rings. The van der Waals surface area contributed by atoms with Gasteiger partial charge in [0.05, 0.1) is 27.7 Å². The molecule has 130 valence electrons. The third kappa shape index (κ3) is 2.48. The van der Waals surface area contributed by atoms with Crippen LogP contribution in [0, 0.1) is 6.92 Å². The number of nitrogens with zero attached hydrogens (tertiary/aromatic N) is 1. The van der Waals surface area contributed by atoms with Gasteiger partial charge < -0.3 is 30.4 Å². The van der Waals surface area contributed by atoms with Crippen LogP contribution in [0.4, 0.5) is 0 Å². The summed E-state index contributed by atoms with van der Waals surface area (Å²) >= 11 is 12.1. The topological polar surface area (TPSA) is 118 Å². The smallest absolute Gasteiger partial charge is 0.251 e. The van der Waals surface area contributed by atoms with Gasteiger partial charge in [0.25, 0.3) is 5.91 Å². The zero-order valence-electron chi connectivity index (χ0n) is 12.6. The maximum atomic E-state index is 11.9. The molecular weight excluding hydrogens is 359 g/mol. The Kier molecular flexibility index (Phi) is 4.50. The molecule has 0 aliphatic carbocycles. The lowest BCUT2D eigenvalue weighted by Gasteiger charge is -2.20. The molecule has 2 aromatic rings. The molecule has 1 aromatic carbocycles. The van der Waals surface area contributed by atoms with E-state index in [1.165, 1.54) is 16.7 Å². The van der Waals surface area contributed by atoms with E-state index in [0.29, 0.717) is 16.6 Å². The number of hydrogen-bond acceptors (Lipinski definition) is 5. The first-order valence-corrected chi connectivity index (χ1v) is 7.95. The van der Waals surface area contributed by atoms with Crippen molar-refractivity contribution in [3.05, 3.63) is 33.4 Å². The van der Waals surface area contributed by atoms with Crippen LogP contribution < -0.4 is 5.73 Å². The van der Waals surface area contributed by atoms with E-state index in [1.54, 1.807) is 6.92 Å². The summed E-state index contributed by atoms with van der Waals surface area (Å²) in [5.74, 6) is -0.665. The van der Waals surface area contributed by atoms with Gasteiger partial charge in [0.1, 0.15) is 18.3 Å². The quantitative estimate of drug-likeness (QED) is 0.638. The van der Waals surface area contributed by atoms with E-state index in [1.807, 2.05) is 0 Å². The van der Waals surface area contributed by atoms with Crippen LogP contribution in [0.5, 0.6) is 0 Å². The molecule has 5 N–H and O–H groups in total. The van der Waals surface area contributed by atoms with E-state index < -0.39 is 37.1 Å². The van der Waals surface area contributed by atoms with Gasteiger partial charge in [0, 0.05) is 11.1 Å². The van der Waals surface area contributed by atoms with Gasteiger partial charge in [0.2, 0.25) is 0 Å². The highest BCUT2D eigenvalue weighted by molar-refractivity contribution is 6.43. The zero-order chi connectivity index (χ0) is 17.8. The molecule has 1 saturated heterocycles. The van der Waals surface area contributed by atoms with E-state index in [-0.39, 0.29) is 15.6 Å². The number of fused-ring (bicyclic) bond motifs is 1. The number of aromatic nitrogens is 1. The molecule has 1 aliphatic heterocycles. The summed E-state index contributed by atoms with van der Waals surface area (Å²) in [7, 11) is 0. The van der Waals surface area contributed by atoms with E-state index in [0.717, 1.165) is 0 Å². The number of rotatable bonds is 3. The van der Waals surface area contributed by atoms with Gasteiger partial charge in [-0.2, -0.15) is 0 Å². The Bertz CT molecular complexity index is 822. The maximum absolute atomic E-state index is 11.9. The Hall–Kier alpha value is -1.35. The molecular formula is C15H16Cl2N2O5. The van der Waals surface area contributed by atoms with Crippen molar-refractivity contribution in [2.75, 3.05) is 6.61 Å². The standard InChI is InChI=1S/C15H16Cl2N2O5/c1-5-11(14(18)23)6-2-7(16)8(17)3-9(6)19(5)15-13(22)12(21)10(4-20)24-15/h2-3,10,12-13,15,20-22H,4H2,1H3,(H2,18,23). The van der Waals surface area contributed by atoms with Crippen molar-refractivity contribution in [3.8, 4) is 0 Å². The maximum Gasteiger partial charge on any atom is 0.251 e. The number of benzene rings is 1. The van der Waals surface area contributed by atoms with Crippen molar-refractivity contribution in [2.24, 2.45) is 5.73 Å². The predicted molar refractivity (Wildman–Crippen MR) is 88.2 cm³/mol. The fourth-order valence-electron chi connectivity index (χ4n) is 3.16. The Labute approximate surface area is 147 Å². The largest absolute Gasteiger partial charge is 0.394 e. The predicted octanol–water partition coefficient (Wildman–Crippen LogP) is 0.967. The summed E-state index contributed by atoms with van der Waals surface area (Å²) in [6, 6.07) is 3.05. The number of carbonyl (C=O) groups excluding carboxylic acids is 1.